The molecule has 0 radical (unpaired) electrons. The zero-order valence-electron chi connectivity index (χ0n) is 11.8. The van der Waals surface area contributed by atoms with Crippen molar-refractivity contribution in [1.82, 2.24) is 15.1 Å². The van der Waals surface area contributed by atoms with E-state index in [1.54, 1.807) is 7.11 Å². The van der Waals surface area contributed by atoms with Crippen LogP contribution in [0.15, 0.2) is 30.5 Å². The number of aryl methyl sites for hydroxylation is 3. The number of aromatic nitrogens is 2. The molecule has 4 heteroatoms. The fourth-order valence-corrected chi connectivity index (χ4v) is 2.07. The van der Waals surface area contributed by atoms with Crippen LogP contribution in [0.2, 0.25) is 0 Å². The minimum absolute atomic E-state index is 0.869. The lowest BCUT2D eigenvalue weighted by Crippen LogP contribution is -2.05. The highest BCUT2D eigenvalue weighted by Crippen LogP contribution is 2.12. The highest BCUT2D eigenvalue weighted by molar-refractivity contribution is 5.27. The third-order valence-electron chi connectivity index (χ3n) is 3.20. The van der Waals surface area contributed by atoms with Crippen LogP contribution in [0.5, 0.6) is 5.75 Å². The minimum atomic E-state index is 0.869. The van der Waals surface area contributed by atoms with Crippen molar-refractivity contribution in [2.24, 2.45) is 0 Å². The molecule has 1 aromatic heterocycles. The molecule has 0 fully saturated rings. The number of nitrogens with zero attached hydrogens (tertiary/aromatic N) is 2. The standard InChI is InChI=1S/C15H21N3O/c1-12-14(10-16-2)11-18(17-12)9-8-13-4-6-15(19-3)7-5-13/h4-7,11,16H,8-10H2,1-3H3. The molecular formula is C15H21N3O. The maximum absolute atomic E-state index is 5.15. The Hall–Kier alpha value is -1.81. The molecule has 4 nitrogen and oxygen atoms in total. The van der Waals surface area contributed by atoms with Crippen molar-refractivity contribution in [3.63, 3.8) is 0 Å². The Balaban J connectivity index is 1.95. The maximum atomic E-state index is 5.15. The molecule has 102 valence electrons. The molecule has 0 aliphatic heterocycles. The van der Waals surface area contributed by atoms with Crippen LogP contribution in [-0.2, 0) is 19.5 Å². The molecule has 0 saturated carbocycles. The second-order valence-corrected chi connectivity index (χ2v) is 4.63. The first-order valence-electron chi connectivity index (χ1n) is 6.53. The highest BCUT2D eigenvalue weighted by Gasteiger charge is 2.04. The summed E-state index contributed by atoms with van der Waals surface area (Å²) in [6.07, 6.45) is 3.10. The molecule has 2 rings (SSSR count). The number of hydrogen-bond acceptors (Lipinski definition) is 3. The summed E-state index contributed by atoms with van der Waals surface area (Å²) in [6, 6.07) is 8.19. The van der Waals surface area contributed by atoms with Gasteiger partial charge in [0.15, 0.2) is 0 Å². The van der Waals surface area contributed by atoms with Gasteiger partial charge in [0.25, 0.3) is 0 Å². The van der Waals surface area contributed by atoms with Crippen molar-refractivity contribution in [2.45, 2.75) is 26.4 Å². The SMILES string of the molecule is CNCc1cn(CCc2ccc(OC)cc2)nc1C. The van der Waals surface area contributed by atoms with E-state index < -0.39 is 0 Å². The average Bonchev–Trinajstić information content (AvgIpc) is 2.78. The number of benzene rings is 1. The van der Waals surface area contributed by atoms with Gasteiger partial charge in [-0.15, -0.1) is 0 Å². The van der Waals surface area contributed by atoms with E-state index in [0.29, 0.717) is 0 Å². The quantitative estimate of drug-likeness (QED) is 0.864. The first-order chi connectivity index (χ1) is 9.22. The Morgan fingerprint density at radius 1 is 1.26 bits per heavy atom. The zero-order valence-corrected chi connectivity index (χ0v) is 11.8. The molecule has 0 spiro atoms. The van der Waals surface area contributed by atoms with Crippen molar-refractivity contribution in [3.05, 3.63) is 47.3 Å². The first-order valence-corrected chi connectivity index (χ1v) is 6.53. The minimum Gasteiger partial charge on any atom is -0.497 e. The van der Waals surface area contributed by atoms with E-state index in [2.05, 4.69) is 35.7 Å². The van der Waals surface area contributed by atoms with Crippen LogP contribution in [-0.4, -0.2) is 23.9 Å². The molecule has 19 heavy (non-hydrogen) atoms. The van der Waals surface area contributed by atoms with Crippen LogP contribution >= 0.6 is 0 Å². The third-order valence-corrected chi connectivity index (χ3v) is 3.20. The predicted molar refractivity (Wildman–Crippen MR) is 76.4 cm³/mol. The van der Waals surface area contributed by atoms with E-state index in [1.807, 2.05) is 23.9 Å². The molecule has 0 atom stereocenters. The van der Waals surface area contributed by atoms with Crippen molar-refractivity contribution in [2.75, 3.05) is 14.2 Å². The monoisotopic (exact) mass is 259 g/mol. The van der Waals surface area contributed by atoms with Gasteiger partial charge in [-0.1, -0.05) is 12.1 Å². The lowest BCUT2D eigenvalue weighted by Gasteiger charge is -2.04. The molecule has 0 amide bonds. The summed E-state index contributed by atoms with van der Waals surface area (Å²) in [7, 11) is 3.64. The van der Waals surface area contributed by atoms with Crippen molar-refractivity contribution in [1.29, 1.82) is 0 Å². The molecule has 2 aromatic rings. The van der Waals surface area contributed by atoms with Gasteiger partial charge in [0.1, 0.15) is 5.75 Å². The Morgan fingerprint density at radius 3 is 2.63 bits per heavy atom. The van der Waals surface area contributed by atoms with Gasteiger partial charge < -0.3 is 10.1 Å². The van der Waals surface area contributed by atoms with E-state index in [1.165, 1.54) is 11.1 Å². The predicted octanol–water partition coefficient (Wildman–Crippen LogP) is 2.16. The largest absolute Gasteiger partial charge is 0.497 e. The Kier molecular flexibility index (Phi) is 4.58. The van der Waals surface area contributed by atoms with E-state index in [-0.39, 0.29) is 0 Å². The van der Waals surface area contributed by atoms with Crippen LogP contribution in [0.25, 0.3) is 0 Å². The summed E-state index contributed by atoms with van der Waals surface area (Å²) in [4.78, 5) is 0. The second kappa shape index (κ2) is 6.38. The average molecular weight is 259 g/mol. The Labute approximate surface area is 114 Å². The molecule has 0 aliphatic rings. The molecule has 1 aromatic carbocycles. The number of hydrogen-bond donors (Lipinski definition) is 1. The van der Waals surface area contributed by atoms with Crippen LogP contribution in [0, 0.1) is 6.92 Å². The summed E-state index contributed by atoms with van der Waals surface area (Å²) in [5, 5.41) is 7.69. The third kappa shape index (κ3) is 3.58. The van der Waals surface area contributed by atoms with Gasteiger partial charge in [-0.3, -0.25) is 4.68 Å². The summed E-state index contributed by atoms with van der Waals surface area (Å²) in [5.74, 6) is 0.898. The van der Waals surface area contributed by atoms with E-state index in [0.717, 1.165) is 31.0 Å². The van der Waals surface area contributed by atoms with Gasteiger partial charge in [-0.25, -0.2) is 0 Å². The van der Waals surface area contributed by atoms with E-state index in [9.17, 15) is 0 Å². The highest BCUT2D eigenvalue weighted by atomic mass is 16.5. The summed E-state index contributed by atoms with van der Waals surface area (Å²) >= 11 is 0. The molecule has 0 aliphatic carbocycles. The Morgan fingerprint density at radius 2 is 2.00 bits per heavy atom. The van der Waals surface area contributed by atoms with Gasteiger partial charge in [-0.05, 0) is 38.1 Å². The smallest absolute Gasteiger partial charge is 0.118 e. The molecule has 1 heterocycles. The van der Waals surface area contributed by atoms with Gasteiger partial charge >= 0.3 is 0 Å². The van der Waals surface area contributed by atoms with Crippen LogP contribution in [0.3, 0.4) is 0 Å². The fourth-order valence-electron chi connectivity index (χ4n) is 2.07. The van der Waals surface area contributed by atoms with Crippen molar-refractivity contribution in [3.8, 4) is 5.75 Å². The summed E-state index contributed by atoms with van der Waals surface area (Å²) in [6.45, 7) is 3.82. The van der Waals surface area contributed by atoms with Crippen molar-refractivity contribution >= 4 is 0 Å². The van der Waals surface area contributed by atoms with Crippen LogP contribution < -0.4 is 10.1 Å². The summed E-state index contributed by atoms with van der Waals surface area (Å²) in [5.41, 5.74) is 3.66. The van der Waals surface area contributed by atoms with Gasteiger partial charge in [0.2, 0.25) is 0 Å². The second-order valence-electron chi connectivity index (χ2n) is 4.63. The van der Waals surface area contributed by atoms with E-state index >= 15 is 0 Å². The first kappa shape index (κ1) is 13.6. The number of nitrogens with one attached hydrogen (secondary N) is 1. The van der Waals surface area contributed by atoms with Gasteiger partial charge in [0, 0.05) is 24.8 Å². The van der Waals surface area contributed by atoms with Gasteiger partial charge in [-0.2, -0.15) is 5.10 Å². The van der Waals surface area contributed by atoms with E-state index in [4.69, 9.17) is 4.74 Å². The molecule has 0 saturated heterocycles. The van der Waals surface area contributed by atoms with Crippen molar-refractivity contribution < 1.29 is 4.74 Å². The number of rotatable bonds is 6. The molecular weight excluding hydrogens is 238 g/mol. The number of ether oxygens (including phenoxy) is 1. The topological polar surface area (TPSA) is 39.1 Å². The lowest BCUT2D eigenvalue weighted by molar-refractivity contribution is 0.414. The maximum Gasteiger partial charge on any atom is 0.118 e. The molecule has 0 bridgehead atoms. The van der Waals surface area contributed by atoms with Crippen LogP contribution in [0.4, 0.5) is 0 Å². The fraction of sp³-hybridized carbons (Fsp3) is 0.400. The molecule has 0 unspecified atom stereocenters. The zero-order chi connectivity index (χ0) is 13.7. The Bertz CT molecular complexity index is 517. The van der Waals surface area contributed by atoms with Gasteiger partial charge in [0.05, 0.1) is 12.8 Å². The molecule has 1 N–H and O–H groups in total. The number of methoxy groups -OCH3 is 1. The van der Waals surface area contributed by atoms with Crippen LogP contribution in [0.1, 0.15) is 16.8 Å². The lowest BCUT2D eigenvalue weighted by atomic mass is 10.1. The normalized spacial score (nSPS) is 10.7. The summed E-state index contributed by atoms with van der Waals surface area (Å²) < 4.78 is 7.17.